The zero-order valence-corrected chi connectivity index (χ0v) is 9.32. The normalized spacial score (nSPS) is 12.4. The van der Waals surface area contributed by atoms with Crippen molar-refractivity contribution in [1.82, 2.24) is 0 Å². The Bertz CT molecular complexity index is 308. The molecule has 0 spiro atoms. The molecule has 1 N–H and O–H groups in total. The average Bonchev–Trinajstić information content (AvgIpc) is 2.16. The van der Waals surface area contributed by atoms with E-state index in [-0.39, 0.29) is 0 Å². The Kier molecular flexibility index (Phi) is 4.10. The van der Waals surface area contributed by atoms with Crippen LogP contribution in [-0.2, 0) is 16.1 Å². The van der Waals surface area contributed by atoms with Gasteiger partial charge in [-0.1, -0.05) is 28.1 Å². The van der Waals surface area contributed by atoms with Gasteiger partial charge < -0.3 is 9.84 Å². The zero-order valence-electron chi connectivity index (χ0n) is 7.74. The van der Waals surface area contributed by atoms with Crippen LogP contribution in [0, 0.1) is 0 Å². The highest BCUT2D eigenvalue weighted by molar-refractivity contribution is 9.10. The Morgan fingerprint density at radius 3 is 2.57 bits per heavy atom. The Balaban J connectivity index is 2.46. The molecule has 0 fully saturated rings. The molecule has 1 rings (SSSR count). The first-order valence-corrected chi connectivity index (χ1v) is 4.98. The van der Waals surface area contributed by atoms with Gasteiger partial charge in [-0.05, 0) is 24.6 Å². The molecule has 0 aromatic heterocycles. The maximum atomic E-state index is 10.4. The highest BCUT2D eigenvalue weighted by Gasteiger charge is 2.10. The molecule has 0 heterocycles. The Labute approximate surface area is 90.8 Å². The van der Waals surface area contributed by atoms with Crippen LogP contribution < -0.4 is 0 Å². The topological polar surface area (TPSA) is 46.5 Å². The molecule has 0 aliphatic rings. The summed E-state index contributed by atoms with van der Waals surface area (Å²) in [5.74, 6) is -0.942. The van der Waals surface area contributed by atoms with Crippen molar-refractivity contribution in [2.45, 2.75) is 19.6 Å². The summed E-state index contributed by atoms with van der Waals surface area (Å²) in [6.07, 6.45) is -0.765. The van der Waals surface area contributed by atoms with Crippen LogP contribution in [0.1, 0.15) is 12.5 Å². The highest BCUT2D eigenvalue weighted by Crippen LogP contribution is 2.11. The lowest BCUT2D eigenvalue weighted by atomic mass is 10.2. The molecule has 1 aromatic carbocycles. The number of hydrogen-bond donors (Lipinski definition) is 1. The van der Waals surface area contributed by atoms with Gasteiger partial charge in [-0.2, -0.15) is 0 Å². The first kappa shape index (κ1) is 11.2. The van der Waals surface area contributed by atoms with Crippen molar-refractivity contribution in [3.63, 3.8) is 0 Å². The first-order chi connectivity index (χ1) is 6.59. The molecule has 4 heteroatoms. The number of carboxylic acid groups (broad SMARTS) is 1. The van der Waals surface area contributed by atoms with Gasteiger partial charge in [0.1, 0.15) is 0 Å². The Hall–Kier alpha value is -0.870. The van der Waals surface area contributed by atoms with Gasteiger partial charge in [0.2, 0.25) is 0 Å². The summed E-state index contributed by atoms with van der Waals surface area (Å²) in [6.45, 7) is 1.84. The van der Waals surface area contributed by atoms with Gasteiger partial charge in [-0.15, -0.1) is 0 Å². The van der Waals surface area contributed by atoms with E-state index in [0.29, 0.717) is 6.61 Å². The predicted molar refractivity (Wildman–Crippen MR) is 56.0 cm³/mol. The maximum Gasteiger partial charge on any atom is 0.332 e. The quantitative estimate of drug-likeness (QED) is 0.903. The van der Waals surface area contributed by atoms with Crippen molar-refractivity contribution in [2.75, 3.05) is 0 Å². The molecule has 0 aliphatic carbocycles. The lowest BCUT2D eigenvalue weighted by Gasteiger charge is -2.07. The minimum Gasteiger partial charge on any atom is -0.479 e. The Morgan fingerprint density at radius 2 is 2.07 bits per heavy atom. The minimum atomic E-state index is -0.942. The monoisotopic (exact) mass is 258 g/mol. The second-order valence-electron chi connectivity index (χ2n) is 2.92. The van der Waals surface area contributed by atoms with Crippen LogP contribution in [0.4, 0.5) is 0 Å². The number of halogens is 1. The van der Waals surface area contributed by atoms with E-state index in [1.165, 1.54) is 6.92 Å². The van der Waals surface area contributed by atoms with E-state index in [4.69, 9.17) is 9.84 Å². The van der Waals surface area contributed by atoms with Gasteiger partial charge in [0.15, 0.2) is 6.10 Å². The second-order valence-corrected chi connectivity index (χ2v) is 3.83. The van der Waals surface area contributed by atoms with Crippen molar-refractivity contribution < 1.29 is 14.6 Å². The first-order valence-electron chi connectivity index (χ1n) is 4.18. The lowest BCUT2D eigenvalue weighted by molar-refractivity contribution is -0.149. The fourth-order valence-corrected chi connectivity index (χ4v) is 1.14. The molecular weight excluding hydrogens is 248 g/mol. The molecule has 0 radical (unpaired) electrons. The third-order valence-electron chi connectivity index (χ3n) is 1.76. The average molecular weight is 259 g/mol. The summed E-state index contributed by atoms with van der Waals surface area (Å²) in [7, 11) is 0. The number of rotatable bonds is 4. The molecule has 76 valence electrons. The molecule has 0 amide bonds. The maximum absolute atomic E-state index is 10.4. The fourth-order valence-electron chi connectivity index (χ4n) is 0.873. The second kappa shape index (κ2) is 5.12. The number of hydrogen-bond acceptors (Lipinski definition) is 2. The molecule has 3 nitrogen and oxygen atoms in total. The molecule has 0 bridgehead atoms. The van der Waals surface area contributed by atoms with E-state index in [2.05, 4.69) is 15.9 Å². The van der Waals surface area contributed by atoms with E-state index in [0.717, 1.165) is 10.0 Å². The largest absolute Gasteiger partial charge is 0.479 e. The van der Waals surface area contributed by atoms with E-state index in [1.54, 1.807) is 0 Å². The van der Waals surface area contributed by atoms with Gasteiger partial charge in [-0.25, -0.2) is 4.79 Å². The predicted octanol–water partition coefficient (Wildman–Crippen LogP) is 2.44. The molecule has 1 aromatic rings. The molecule has 1 atom stereocenters. The zero-order chi connectivity index (χ0) is 10.6. The molecule has 14 heavy (non-hydrogen) atoms. The van der Waals surface area contributed by atoms with Gasteiger partial charge in [0.05, 0.1) is 6.61 Å². The molecule has 0 unspecified atom stereocenters. The number of benzene rings is 1. The van der Waals surface area contributed by atoms with Crippen LogP contribution in [0.2, 0.25) is 0 Å². The fraction of sp³-hybridized carbons (Fsp3) is 0.300. The SMILES string of the molecule is C[C@@H](OCc1ccc(Br)cc1)C(=O)O. The number of carbonyl (C=O) groups is 1. The van der Waals surface area contributed by atoms with Crippen LogP contribution in [0.5, 0.6) is 0 Å². The van der Waals surface area contributed by atoms with E-state index < -0.39 is 12.1 Å². The smallest absolute Gasteiger partial charge is 0.332 e. The van der Waals surface area contributed by atoms with Gasteiger partial charge in [-0.3, -0.25) is 0 Å². The molecule has 0 saturated carbocycles. The van der Waals surface area contributed by atoms with Crippen LogP contribution >= 0.6 is 15.9 Å². The Morgan fingerprint density at radius 1 is 1.50 bits per heavy atom. The van der Waals surface area contributed by atoms with Crippen molar-refractivity contribution in [1.29, 1.82) is 0 Å². The van der Waals surface area contributed by atoms with Gasteiger partial charge in [0.25, 0.3) is 0 Å². The highest BCUT2D eigenvalue weighted by atomic mass is 79.9. The van der Waals surface area contributed by atoms with Crippen LogP contribution in [0.15, 0.2) is 28.7 Å². The van der Waals surface area contributed by atoms with E-state index >= 15 is 0 Å². The van der Waals surface area contributed by atoms with Crippen molar-refractivity contribution in [2.24, 2.45) is 0 Å². The minimum absolute atomic E-state index is 0.320. The van der Waals surface area contributed by atoms with E-state index in [9.17, 15) is 4.79 Å². The summed E-state index contributed by atoms with van der Waals surface area (Å²) in [4.78, 5) is 10.4. The van der Waals surface area contributed by atoms with Crippen LogP contribution in [0.25, 0.3) is 0 Å². The standard InChI is InChI=1S/C10H11BrO3/c1-7(10(12)13)14-6-8-2-4-9(11)5-3-8/h2-5,7H,6H2,1H3,(H,12,13)/t7-/m1/s1. The molecular formula is C10H11BrO3. The molecule has 0 saturated heterocycles. The van der Waals surface area contributed by atoms with E-state index in [1.807, 2.05) is 24.3 Å². The number of ether oxygens (including phenoxy) is 1. The summed E-state index contributed by atoms with van der Waals surface area (Å²) >= 11 is 3.31. The number of carboxylic acids is 1. The third kappa shape index (κ3) is 3.47. The van der Waals surface area contributed by atoms with Gasteiger partial charge >= 0.3 is 5.97 Å². The summed E-state index contributed by atoms with van der Waals surface area (Å²) in [5, 5.41) is 8.57. The summed E-state index contributed by atoms with van der Waals surface area (Å²) < 4.78 is 6.11. The number of aliphatic carboxylic acids is 1. The third-order valence-corrected chi connectivity index (χ3v) is 2.29. The lowest BCUT2D eigenvalue weighted by Crippen LogP contribution is -2.19. The summed E-state index contributed by atoms with van der Waals surface area (Å²) in [6, 6.07) is 7.56. The van der Waals surface area contributed by atoms with Crippen LogP contribution in [-0.4, -0.2) is 17.2 Å². The van der Waals surface area contributed by atoms with Gasteiger partial charge in [0, 0.05) is 4.47 Å². The summed E-state index contributed by atoms with van der Waals surface area (Å²) in [5.41, 5.74) is 0.960. The van der Waals surface area contributed by atoms with Crippen molar-refractivity contribution in [3.05, 3.63) is 34.3 Å². The van der Waals surface area contributed by atoms with Crippen molar-refractivity contribution >= 4 is 21.9 Å². The van der Waals surface area contributed by atoms with Crippen molar-refractivity contribution in [3.8, 4) is 0 Å². The molecule has 0 aliphatic heterocycles. The van der Waals surface area contributed by atoms with Crippen LogP contribution in [0.3, 0.4) is 0 Å².